The highest BCUT2D eigenvalue weighted by atomic mass is 16.4. The lowest BCUT2D eigenvalue weighted by Crippen LogP contribution is -2.48. The van der Waals surface area contributed by atoms with Gasteiger partial charge in [-0.25, -0.2) is 0 Å². The standard InChI is InChI=1S/C21H28N4O3/c1-15-18(16(2)25(23-15)13-17-8-4-3-5-9-17)12-22-20(26)14-24-11-7-6-10-19(24)21(27)28/h3-5,8-9,19H,6-7,10-14H2,1-2H3,(H,22,26)(H,27,28). The van der Waals surface area contributed by atoms with Crippen LogP contribution in [-0.2, 0) is 22.7 Å². The molecule has 0 spiro atoms. The number of likely N-dealkylation sites (tertiary alicyclic amines) is 1. The minimum absolute atomic E-state index is 0.118. The summed E-state index contributed by atoms with van der Waals surface area (Å²) in [5.74, 6) is -0.996. The van der Waals surface area contributed by atoms with Crippen LogP contribution in [0.5, 0.6) is 0 Å². The number of carbonyl (C=O) groups is 2. The van der Waals surface area contributed by atoms with Crippen LogP contribution in [0.1, 0.15) is 41.8 Å². The summed E-state index contributed by atoms with van der Waals surface area (Å²) in [5, 5.41) is 16.9. The Bertz CT molecular complexity index is 832. The predicted molar refractivity (Wildman–Crippen MR) is 106 cm³/mol. The third-order valence-electron chi connectivity index (χ3n) is 5.41. The van der Waals surface area contributed by atoms with Crippen molar-refractivity contribution in [3.63, 3.8) is 0 Å². The molecule has 1 aliphatic rings. The fourth-order valence-electron chi connectivity index (χ4n) is 3.79. The maximum atomic E-state index is 12.4. The van der Waals surface area contributed by atoms with Crippen molar-refractivity contribution in [1.82, 2.24) is 20.0 Å². The number of carboxylic acids is 1. The van der Waals surface area contributed by atoms with E-state index in [4.69, 9.17) is 0 Å². The molecule has 3 rings (SSSR count). The van der Waals surface area contributed by atoms with E-state index in [1.165, 1.54) is 5.56 Å². The number of amides is 1. The Labute approximate surface area is 165 Å². The lowest BCUT2D eigenvalue weighted by atomic mass is 10.0. The number of benzene rings is 1. The van der Waals surface area contributed by atoms with Crippen LogP contribution in [0.15, 0.2) is 30.3 Å². The van der Waals surface area contributed by atoms with Crippen molar-refractivity contribution in [2.45, 2.75) is 52.2 Å². The summed E-state index contributed by atoms with van der Waals surface area (Å²) in [4.78, 5) is 25.5. The molecule has 1 unspecified atom stereocenters. The van der Waals surface area contributed by atoms with Crippen LogP contribution in [0.25, 0.3) is 0 Å². The van der Waals surface area contributed by atoms with Gasteiger partial charge in [-0.15, -0.1) is 0 Å². The molecule has 0 radical (unpaired) electrons. The first kappa shape index (κ1) is 20.1. The molecular formula is C21H28N4O3. The minimum atomic E-state index is -0.846. The molecule has 7 nitrogen and oxygen atoms in total. The van der Waals surface area contributed by atoms with E-state index in [-0.39, 0.29) is 12.5 Å². The zero-order valence-electron chi connectivity index (χ0n) is 16.5. The SMILES string of the molecule is Cc1nn(Cc2ccccc2)c(C)c1CNC(=O)CN1CCCCC1C(=O)O. The molecule has 1 amide bonds. The van der Waals surface area contributed by atoms with Crippen LogP contribution in [0.2, 0.25) is 0 Å². The molecule has 1 atom stereocenters. The molecular weight excluding hydrogens is 356 g/mol. The maximum absolute atomic E-state index is 12.4. The average molecular weight is 384 g/mol. The van der Waals surface area contributed by atoms with Crippen LogP contribution < -0.4 is 5.32 Å². The number of nitrogens with zero attached hydrogens (tertiary/aromatic N) is 3. The van der Waals surface area contributed by atoms with E-state index >= 15 is 0 Å². The molecule has 1 aromatic carbocycles. The van der Waals surface area contributed by atoms with Crippen LogP contribution >= 0.6 is 0 Å². The molecule has 2 heterocycles. The average Bonchev–Trinajstić information content (AvgIpc) is 2.94. The number of piperidine rings is 1. The van der Waals surface area contributed by atoms with E-state index in [0.29, 0.717) is 26.1 Å². The van der Waals surface area contributed by atoms with Gasteiger partial charge in [0, 0.05) is 17.8 Å². The fraction of sp³-hybridized carbons (Fsp3) is 0.476. The fourth-order valence-corrected chi connectivity index (χ4v) is 3.79. The highest BCUT2D eigenvalue weighted by Crippen LogP contribution is 2.17. The summed E-state index contributed by atoms with van der Waals surface area (Å²) in [7, 11) is 0. The van der Waals surface area contributed by atoms with Gasteiger partial charge in [-0.3, -0.25) is 19.2 Å². The van der Waals surface area contributed by atoms with E-state index in [1.807, 2.05) is 36.7 Å². The normalized spacial score (nSPS) is 17.4. The Morgan fingerprint density at radius 1 is 1.21 bits per heavy atom. The number of hydrogen-bond donors (Lipinski definition) is 2. The topological polar surface area (TPSA) is 87.5 Å². The van der Waals surface area contributed by atoms with E-state index < -0.39 is 12.0 Å². The molecule has 150 valence electrons. The number of rotatable bonds is 7. The molecule has 0 aliphatic carbocycles. The Balaban J connectivity index is 1.59. The van der Waals surface area contributed by atoms with E-state index in [2.05, 4.69) is 22.5 Å². The Hall–Kier alpha value is -2.67. The quantitative estimate of drug-likeness (QED) is 0.763. The van der Waals surface area contributed by atoms with Gasteiger partial charge in [0.05, 0.1) is 18.8 Å². The second-order valence-electron chi connectivity index (χ2n) is 7.39. The van der Waals surface area contributed by atoms with Gasteiger partial charge in [-0.05, 0) is 38.8 Å². The molecule has 2 N–H and O–H groups in total. The molecule has 28 heavy (non-hydrogen) atoms. The van der Waals surface area contributed by atoms with Crippen molar-refractivity contribution in [3.8, 4) is 0 Å². The van der Waals surface area contributed by atoms with Crippen LogP contribution in [-0.4, -0.2) is 50.8 Å². The summed E-state index contributed by atoms with van der Waals surface area (Å²) in [6, 6.07) is 9.57. The number of aliphatic carboxylic acids is 1. The van der Waals surface area contributed by atoms with Crippen molar-refractivity contribution in [1.29, 1.82) is 0 Å². The zero-order chi connectivity index (χ0) is 20.1. The van der Waals surface area contributed by atoms with Gasteiger partial charge in [0.25, 0.3) is 0 Å². The maximum Gasteiger partial charge on any atom is 0.320 e. The Morgan fingerprint density at radius 3 is 2.68 bits per heavy atom. The van der Waals surface area contributed by atoms with E-state index in [1.54, 1.807) is 4.90 Å². The molecule has 0 bridgehead atoms. The first-order valence-corrected chi connectivity index (χ1v) is 9.76. The number of nitrogens with one attached hydrogen (secondary N) is 1. The van der Waals surface area contributed by atoms with Crippen molar-refractivity contribution in [2.75, 3.05) is 13.1 Å². The first-order valence-electron chi connectivity index (χ1n) is 9.76. The molecule has 1 aromatic heterocycles. The Morgan fingerprint density at radius 2 is 1.96 bits per heavy atom. The van der Waals surface area contributed by atoms with Gasteiger partial charge < -0.3 is 10.4 Å². The van der Waals surface area contributed by atoms with Gasteiger partial charge in [0.15, 0.2) is 0 Å². The molecule has 1 saturated heterocycles. The second kappa shape index (κ2) is 9.01. The Kier molecular flexibility index (Phi) is 6.46. The van der Waals surface area contributed by atoms with Crippen molar-refractivity contribution in [3.05, 3.63) is 52.8 Å². The number of hydrogen-bond acceptors (Lipinski definition) is 4. The van der Waals surface area contributed by atoms with Crippen molar-refractivity contribution >= 4 is 11.9 Å². The van der Waals surface area contributed by atoms with Gasteiger partial charge in [0.2, 0.25) is 5.91 Å². The number of aryl methyl sites for hydroxylation is 1. The first-order chi connectivity index (χ1) is 13.5. The third-order valence-corrected chi connectivity index (χ3v) is 5.41. The van der Waals surface area contributed by atoms with Crippen LogP contribution in [0, 0.1) is 13.8 Å². The number of carboxylic acid groups (broad SMARTS) is 1. The molecule has 1 aliphatic heterocycles. The number of carbonyl (C=O) groups excluding carboxylic acids is 1. The van der Waals surface area contributed by atoms with Crippen LogP contribution in [0.3, 0.4) is 0 Å². The van der Waals surface area contributed by atoms with Crippen molar-refractivity contribution < 1.29 is 14.7 Å². The highest BCUT2D eigenvalue weighted by molar-refractivity contribution is 5.80. The summed E-state index contributed by atoms with van der Waals surface area (Å²) in [6.07, 6.45) is 2.43. The summed E-state index contributed by atoms with van der Waals surface area (Å²) >= 11 is 0. The summed E-state index contributed by atoms with van der Waals surface area (Å²) in [5.41, 5.74) is 4.12. The highest BCUT2D eigenvalue weighted by Gasteiger charge is 2.29. The van der Waals surface area contributed by atoms with Crippen LogP contribution in [0.4, 0.5) is 0 Å². The minimum Gasteiger partial charge on any atom is -0.480 e. The van der Waals surface area contributed by atoms with Gasteiger partial charge in [0.1, 0.15) is 6.04 Å². The number of aromatic nitrogens is 2. The lowest BCUT2D eigenvalue weighted by Gasteiger charge is -2.32. The molecule has 7 heteroatoms. The monoisotopic (exact) mass is 384 g/mol. The van der Waals surface area contributed by atoms with Gasteiger partial charge in [-0.1, -0.05) is 36.8 Å². The van der Waals surface area contributed by atoms with Gasteiger partial charge in [-0.2, -0.15) is 5.10 Å². The molecule has 0 saturated carbocycles. The second-order valence-corrected chi connectivity index (χ2v) is 7.39. The summed E-state index contributed by atoms with van der Waals surface area (Å²) in [6.45, 7) is 5.81. The van der Waals surface area contributed by atoms with Crippen molar-refractivity contribution in [2.24, 2.45) is 0 Å². The third kappa shape index (κ3) is 4.78. The summed E-state index contributed by atoms with van der Waals surface area (Å²) < 4.78 is 1.96. The van der Waals surface area contributed by atoms with E-state index in [9.17, 15) is 14.7 Å². The predicted octanol–water partition coefficient (Wildman–Crippen LogP) is 2.10. The molecule has 2 aromatic rings. The lowest BCUT2D eigenvalue weighted by molar-refractivity contribution is -0.145. The largest absolute Gasteiger partial charge is 0.480 e. The molecule has 1 fully saturated rings. The van der Waals surface area contributed by atoms with E-state index in [0.717, 1.165) is 29.8 Å². The zero-order valence-corrected chi connectivity index (χ0v) is 16.5. The van der Waals surface area contributed by atoms with Gasteiger partial charge >= 0.3 is 5.97 Å². The smallest absolute Gasteiger partial charge is 0.320 e.